The predicted octanol–water partition coefficient (Wildman–Crippen LogP) is 4.98. The van der Waals surface area contributed by atoms with Crippen LogP contribution in [0.3, 0.4) is 0 Å². The van der Waals surface area contributed by atoms with Gasteiger partial charge in [0.2, 0.25) is 0 Å². The van der Waals surface area contributed by atoms with Gasteiger partial charge in [0.15, 0.2) is 0 Å². The molecule has 1 aliphatic heterocycles. The standard InChI is InChI=1S/C20H32N2.2ClH/c1-13(2)12-19(22-10-8-21-9-11-22)20-17(6)15(4)14(3)16(5)18(20)7;;/h19,21H,1,8-12H2,2-7H3;2*1H/t19-;;/m1../s1. The highest BCUT2D eigenvalue weighted by molar-refractivity contribution is 5.85. The van der Waals surface area contributed by atoms with Crippen molar-refractivity contribution < 1.29 is 0 Å². The Bertz CT molecular complexity index is 546. The highest BCUT2D eigenvalue weighted by Gasteiger charge is 2.26. The van der Waals surface area contributed by atoms with E-state index in [1.54, 1.807) is 5.56 Å². The van der Waals surface area contributed by atoms with Crippen molar-refractivity contribution in [2.24, 2.45) is 0 Å². The summed E-state index contributed by atoms with van der Waals surface area (Å²) in [5.41, 5.74) is 10.1. The smallest absolute Gasteiger partial charge is 0.0391 e. The maximum absolute atomic E-state index is 4.19. The molecule has 138 valence electrons. The monoisotopic (exact) mass is 372 g/mol. The maximum Gasteiger partial charge on any atom is 0.0391 e. The zero-order chi connectivity index (χ0) is 16.4. The third kappa shape index (κ3) is 4.76. The minimum atomic E-state index is 0. The molecule has 1 atom stereocenters. The fraction of sp³-hybridized carbons (Fsp3) is 0.600. The third-order valence-corrected chi connectivity index (χ3v) is 5.53. The molecule has 2 nitrogen and oxygen atoms in total. The summed E-state index contributed by atoms with van der Waals surface area (Å²) in [7, 11) is 0. The van der Waals surface area contributed by atoms with Crippen LogP contribution in [0.5, 0.6) is 0 Å². The lowest BCUT2D eigenvalue weighted by atomic mass is 9.84. The summed E-state index contributed by atoms with van der Waals surface area (Å²) in [6.07, 6.45) is 1.06. The van der Waals surface area contributed by atoms with Gasteiger partial charge < -0.3 is 5.32 Å². The quantitative estimate of drug-likeness (QED) is 0.749. The highest BCUT2D eigenvalue weighted by Crippen LogP contribution is 2.36. The van der Waals surface area contributed by atoms with E-state index in [-0.39, 0.29) is 24.8 Å². The summed E-state index contributed by atoms with van der Waals surface area (Å²) in [6.45, 7) is 22.2. The van der Waals surface area contributed by atoms with Gasteiger partial charge in [-0.1, -0.05) is 5.57 Å². The molecule has 1 aromatic carbocycles. The van der Waals surface area contributed by atoms with Crippen LogP contribution in [0.4, 0.5) is 0 Å². The Hall–Kier alpha value is -0.540. The van der Waals surface area contributed by atoms with E-state index in [9.17, 15) is 0 Å². The van der Waals surface area contributed by atoms with Crippen molar-refractivity contribution in [3.8, 4) is 0 Å². The van der Waals surface area contributed by atoms with Gasteiger partial charge >= 0.3 is 0 Å². The second-order valence-corrected chi connectivity index (χ2v) is 7.00. The number of benzene rings is 1. The molecule has 0 aliphatic carbocycles. The van der Waals surface area contributed by atoms with E-state index < -0.39 is 0 Å². The first-order valence-electron chi connectivity index (χ1n) is 8.50. The number of nitrogens with zero attached hydrogens (tertiary/aromatic N) is 1. The second-order valence-electron chi connectivity index (χ2n) is 7.00. The SMILES string of the molecule is C=C(C)C[C@H](c1c(C)c(C)c(C)c(C)c1C)N1CCNCC1.Cl.Cl. The Morgan fingerprint density at radius 1 is 0.917 bits per heavy atom. The van der Waals surface area contributed by atoms with E-state index in [2.05, 4.69) is 58.3 Å². The molecule has 0 unspecified atom stereocenters. The van der Waals surface area contributed by atoms with Crippen molar-refractivity contribution >= 4 is 24.8 Å². The Morgan fingerprint density at radius 2 is 1.33 bits per heavy atom. The van der Waals surface area contributed by atoms with Gasteiger partial charge in [0, 0.05) is 32.2 Å². The van der Waals surface area contributed by atoms with E-state index >= 15 is 0 Å². The van der Waals surface area contributed by atoms with Gasteiger partial charge in [-0.15, -0.1) is 31.4 Å². The van der Waals surface area contributed by atoms with Crippen LogP contribution >= 0.6 is 24.8 Å². The average molecular weight is 373 g/mol. The molecule has 0 bridgehead atoms. The Morgan fingerprint density at radius 3 is 1.75 bits per heavy atom. The van der Waals surface area contributed by atoms with E-state index in [1.165, 1.54) is 33.4 Å². The molecule has 0 radical (unpaired) electrons. The third-order valence-electron chi connectivity index (χ3n) is 5.53. The molecule has 1 heterocycles. The molecule has 1 fully saturated rings. The average Bonchev–Trinajstić information content (AvgIpc) is 2.50. The lowest BCUT2D eigenvalue weighted by Crippen LogP contribution is -2.45. The fourth-order valence-electron chi connectivity index (χ4n) is 3.77. The number of nitrogens with one attached hydrogen (secondary N) is 1. The van der Waals surface area contributed by atoms with Gasteiger partial charge in [0.05, 0.1) is 0 Å². The summed E-state index contributed by atoms with van der Waals surface area (Å²) in [5.74, 6) is 0. The van der Waals surface area contributed by atoms with Gasteiger partial charge in [0.1, 0.15) is 0 Å². The van der Waals surface area contributed by atoms with Crippen LogP contribution in [-0.4, -0.2) is 31.1 Å². The first-order chi connectivity index (χ1) is 10.3. The Balaban J connectivity index is 0.00000264. The normalized spacial score (nSPS) is 16.1. The molecule has 1 N–H and O–H groups in total. The van der Waals surface area contributed by atoms with Gasteiger partial charge in [-0.05, 0) is 81.3 Å². The van der Waals surface area contributed by atoms with E-state index in [0.29, 0.717) is 6.04 Å². The molecule has 24 heavy (non-hydrogen) atoms. The Kier molecular flexibility index (Phi) is 9.60. The number of hydrogen-bond donors (Lipinski definition) is 1. The topological polar surface area (TPSA) is 15.3 Å². The van der Waals surface area contributed by atoms with Gasteiger partial charge in [-0.3, -0.25) is 4.90 Å². The van der Waals surface area contributed by atoms with Crippen LogP contribution < -0.4 is 5.32 Å². The van der Waals surface area contributed by atoms with Crippen LogP contribution in [0.2, 0.25) is 0 Å². The van der Waals surface area contributed by atoms with Crippen molar-refractivity contribution in [2.75, 3.05) is 26.2 Å². The lowest BCUT2D eigenvalue weighted by Gasteiger charge is -2.38. The van der Waals surface area contributed by atoms with Crippen molar-refractivity contribution in [1.29, 1.82) is 0 Å². The zero-order valence-electron chi connectivity index (χ0n) is 16.1. The van der Waals surface area contributed by atoms with Gasteiger partial charge in [0.25, 0.3) is 0 Å². The number of rotatable bonds is 4. The zero-order valence-corrected chi connectivity index (χ0v) is 17.7. The summed E-state index contributed by atoms with van der Waals surface area (Å²) >= 11 is 0. The lowest BCUT2D eigenvalue weighted by molar-refractivity contribution is 0.171. The van der Waals surface area contributed by atoms with Crippen LogP contribution in [-0.2, 0) is 0 Å². The number of hydrogen-bond acceptors (Lipinski definition) is 2. The molecule has 1 saturated heterocycles. The van der Waals surface area contributed by atoms with E-state index in [1.807, 2.05) is 0 Å². The van der Waals surface area contributed by atoms with Crippen LogP contribution in [0.1, 0.15) is 52.8 Å². The first kappa shape index (κ1) is 23.5. The summed E-state index contributed by atoms with van der Waals surface area (Å²) < 4.78 is 0. The molecular formula is C20H34Cl2N2. The van der Waals surface area contributed by atoms with Crippen molar-refractivity contribution in [1.82, 2.24) is 10.2 Å². The number of halogens is 2. The Labute approximate surface area is 160 Å². The van der Waals surface area contributed by atoms with Gasteiger partial charge in [-0.2, -0.15) is 0 Å². The molecule has 0 saturated carbocycles. The van der Waals surface area contributed by atoms with Gasteiger partial charge in [-0.25, -0.2) is 0 Å². The minimum Gasteiger partial charge on any atom is -0.314 e. The summed E-state index contributed by atoms with van der Waals surface area (Å²) in [6, 6.07) is 0.470. The largest absolute Gasteiger partial charge is 0.314 e. The van der Waals surface area contributed by atoms with E-state index in [4.69, 9.17) is 0 Å². The molecule has 1 aromatic rings. The summed E-state index contributed by atoms with van der Waals surface area (Å²) in [5, 5.41) is 3.47. The number of piperazine rings is 1. The van der Waals surface area contributed by atoms with Crippen LogP contribution in [0.25, 0.3) is 0 Å². The molecule has 0 amide bonds. The van der Waals surface area contributed by atoms with Crippen LogP contribution in [0, 0.1) is 34.6 Å². The van der Waals surface area contributed by atoms with Crippen molar-refractivity contribution in [3.05, 3.63) is 45.5 Å². The molecule has 4 heteroatoms. The van der Waals surface area contributed by atoms with Crippen molar-refractivity contribution in [2.45, 2.75) is 54.0 Å². The van der Waals surface area contributed by atoms with E-state index in [0.717, 1.165) is 32.6 Å². The molecule has 0 aromatic heterocycles. The molecule has 2 rings (SSSR count). The van der Waals surface area contributed by atoms with Crippen LogP contribution in [0.15, 0.2) is 12.2 Å². The second kappa shape index (κ2) is 9.82. The predicted molar refractivity (Wildman–Crippen MR) is 111 cm³/mol. The molecule has 0 spiro atoms. The molecular weight excluding hydrogens is 339 g/mol. The maximum atomic E-state index is 4.19. The fourth-order valence-corrected chi connectivity index (χ4v) is 3.77. The first-order valence-corrected chi connectivity index (χ1v) is 8.50. The summed E-state index contributed by atoms with van der Waals surface area (Å²) in [4.78, 5) is 2.65. The molecule has 1 aliphatic rings. The minimum absolute atomic E-state index is 0. The van der Waals surface area contributed by atoms with Crippen molar-refractivity contribution in [3.63, 3.8) is 0 Å². The highest BCUT2D eigenvalue weighted by atomic mass is 35.5.